The first-order valence-electron chi connectivity index (χ1n) is 9.83. The fraction of sp³-hybridized carbons (Fsp3) is 0.429. The van der Waals surface area contributed by atoms with Gasteiger partial charge in [0.1, 0.15) is 24.0 Å². The topological polar surface area (TPSA) is 87.0 Å². The van der Waals surface area contributed by atoms with E-state index in [1.165, 1.54) is 6.07 Å². The van der Waals surface area contributed by atoms with Crippen molar-refractivity contribution in [2.75, 3.05) is 26.4 Å². The number of nitrogens with zero attached hydrogens (tertiary/aromatic N) is 1. The van der Waals surface area contributed by atoms with Crippen molar-refractivity contribution in [3.8, 4) is 17.0 Å². The maximum atomic E-state index is 12.9. The van der Waals surface area contributed by atoms with Crippen molar-refractivity contribution in [3.63, 3.8) is 0 Å². The number of benzene rings is 1. The molecule has 1 aromatic carbocycles. The summed E-state index contributed by atoms with van der Waals surface area (Å²) in [5.74, 6) is -0.0531. The molecule has 158 valence electrons. The second kappa shape index (κ2) is 7.92. The first-order chi connectivity index (χ1) is 14.5. The minimum Gasteiger partial charge on any atom is -0.489 e. The average molecular weight is 450 g/mol. The molecular weight excluding hydrogens is 430 g/mol. The highest BCUT2D eigenvalue weighted by Gasteiger charge is 2.33. The standard InChI is InChI=1S/C21H20ClNO6S/c22-16-6-14-18(7-17(16)29-9-13-8-27-3-4-28-13)30-10-11-5-15(21(25)26)20(24)23(19(11)14)12-1-2-12/h5-7,12-13H,1-4,8-10H2,(H,25,26)/t13-/m1/s1. The maximum Gasteiger partial charge on any atom is 0.341 e. The van der Waals surface area contributed by atoms with Crippen LogP contribution < -0.4 is 10.3 Å². The van der Waals surface area contributed by atoms with Gasteiger partial charge in [-0.3, -0.25) is 4.79 Å². The number of hydrogen-bond acceptors (Lipinski definition) is 6. The Labute approximate surface area is 181 Å². The minimum atomic E-state index is -1.19. The lowest BCUT2D eigenvalue weighted by molar-refractivity contribution is -0.101. The van der Waals surface area contributed by atoms with Crippen LogP contribution in [0.4, 0.5) is 0 Å². The molecule has 1 saturated heterocycles. The highest BCUT2D eigenvalue weighted by molar-refractivity contribution is 7.98. The molecule has 0 unspecified atom stereocenters. The van der Waals surface area contributed by atoms with Gasteiger partial charge in [0.25, 0.3) is 5.56 Å². The fourth-order valence-corrected chi connectivity index (χ4v) is 5.11. The quantitative estimate of drug-likeness (QED) is 0.746. The molecule has 0 spiro atoms. The number of hydrogen-bond donors (Lipinski definition) is 1. The molecule has 3 aliphatic rings. The van der Waals surface area contributed by atoms with Crippen molar-refractivity contribution < 1.29 is 24.1 Å². The number of halogens is 1. The molecular formula is C21H20ClNO6S. The Morgan fingerprint density at radius 2 is 2.13 bits per heavy atom. The first kappa shape index (κ1) is 19.9. The van der Waals surface area contributed by atoms with E-state index in [1.807, 2.05) is 12.1 Å². The van der Waals surface area contributed by atoms with Crippen LogP contribution in [0, 0.1) is 0 Å². The Bertz CT molecular complexity index is 1070. The number of aromatic carboxylic acids is 1. The van der Waals surface area contributed by atoms with E-state index >= 15 is 0 Å². The highest BCUT2D eigenvalue weighted by Crippen LogP contribution is 2.48. The van der Waals surface area contributed by atoms with Gasteiger partial charge >= 0.3 is 5.97 Å². The van der Waals surface area contributed by atoms with E-state index in [4.69, 9.17) is 25.8 Å². The lowest BCUT2D eigenvalue weighted by Gasteiger charge is -2.26. The molecule has 0 radical (unpaired) electrons. The number of ether oxygens (including phenoxy) is 3. The van der Waals surface area contributed by atoms with Crippen molar-refractivity contribution in [1.29, 1.82) is 0 Å². The van der Waals surface area contributed by atoms with Gasteiger partial charge < -0.3 is 23.9 Å². The zero-order valence-electron chi connectivity index (χ0n) is 16.1. The molecule has 1 atom stereocenters. The molecule has 7 nitrogen and oxygen atoms in total. The molecule has 9 heteroatoms. The molecule has 2 fully saturated rings. The van der Waals surface area contributed by atoms with Crippen LogP contribution in [-0.4, -0.2) is 48.2 Å². The Hall–Kier alpha value is -2.00. The van der Waals surface area contributed by atoms with Crippen LogP contribution in [0.25, 0.3) is 11.3 Å². The largest absolute Gasteiger partial charge is 0.489 e. The molecule has 5 rings (SSSR count). The van der Waals surface area contributed by atoms with Crippen LogP contribution >= 0.6 is 23.4 Å². The summed E-state index contributed by atoms with van der Waals surface area (Å²) in [6.07, 6.45) is 1.61. The molecule has 3 heterocycles. The van der Waals surface area contributed by atoms with Crippen molar-refractivity contribution in [1.82, 2.24) is 4.57 Å². The van der Waals surface area contributed by atoms with Crippen molar-refractivity contribution in [2.45, 2.75) is 35.6 Å². The van der Waals surface area contributed by atoms with Crippen LogP contribution in [-0.2, 0) is 15.2 Å². The minimum absolute atomic E-state index is 0.0413. The van der Waals surface area contributed by atoms with Gasteiger partial charge in [-0.1, -0.05) is 11.6 Å². The molecule has 1 aromatic heterocycles. The lowest BCUT2D eigenvalue weighted by atomic mass is 10.0. The van der Waals surface area contributed by atoms with E-state index in [0.717, 1.165) is 34.6 Å². The Morgan fingerprint density at radius 1 is 1.30 bits per heavy atom. The number of carbonyl (C=O) groups is 1. The van der Waals surface area contributed by atoms with E-state index in [2.05, 4.69) is 0 Å². The van der Waals surface area contributed by atoms with Gasteiger partial charge in [-0.15, -0.1) is 11.8 Å². The van der Waals surface area contributed by atoms with Gasteiger partial charge in [-0.2, -0.15) is 0 Å². The van der Waals surface area contributed by atoms with Crippen LogP contribution in [0.3, 0.4) is 0 Å². The predicted molar refractivity (Wildman–Crippen MR) is 112 cm³/mol. The molecule has 2 aromatic rings. The number of fused-ring (bicyclic) bond motifs is 3. The summed E-state index contributed by atoms with van der Waals surface area (Å²) in [4.78, 5) is 25.4. The third-order valence-corrected chi connectivity index (χ3v) is 6.84. The van der Waals surface area contributed by atoms with Gasteiger partial charge in [-0.25, -0.2) is 4.79 Å². The SMILES string of the molecule is O=C(O)c1cc2c(n(C3CC3)c1=O)-c1cc(Cl)c(OC[C@H]3COCCO3)cc1SC2. The van der Waals surface area contributed by atoms with Crippen LogP contribution in [0.15, 0.2) is 27.9 Å². The van der Waals surface area contributed by atoms with Crippen LogP contribution in [0.1, 0.15) is 34.8 Å². The Morgan fingerprint density at radius 3 is 2.83 bits per heavy atom. The van der Waals surface area contributed by atoms with E-state index in [9.17, 15) is 14.7 Å². The predicted octanol–water partition coefficient (Wildman–Crippen LogP) is 3.60. The van der Waals surface area contributed by atoms with Gasteiger partial charge in [0, 0.05) is 22.3 Å². The summed E-state index contributed by atoms with van der Waals surface area (Å²) >= 11 is 8.11. The normalized spacial score (nSPS) is 20.4. The highest BCUT2D eigenvalue weighted by atomic mass is 35.5. The number of carboxylic acid groups (broad SMARTS) is 1. The molecule has 1 N–H and O–H groups in total. The number of thioether (sulfide) groups is 1. The second-order valence-corrected chi connectivity index (χ2v) is 9.01. The number of carboxylic acids is 1. The maximum absolute atomic E-state index is 12.9. The monoisotopic (exact) mass is 449 g/mol. The van der Waals surface area contributed by atoms with Crippen molar-refractivity contribution >= 4 is 29.3 Å². The lowest BCUT2D eigenvalue weighted by Crippen LogP contribution is -2.33. The molecule has 0 bridgehead atoms. The number of pyridine rings is 1. The third kappa shape index (κ3) is 3.62. The average Bonchev–Trinajstić information content (AvgIpc) is 3.57. The Kier molecular flexibility index (Phi) is 5.26. The molecule has 1 aliphatic carbocycles. The molecule has 30 heavy (non-hydrogen) atoms. The van der Waals surface area contributed by atoms with Gasteiger partial charge in [0.2, 0.25) is 0 Å². The fourth-order valence-electron chi connectivity index (χ4n) is 3.86. The van der Waals surface area contributed by atoms with Gasteiger partial charge in [0.15, 0.2) is 0 Å². The smallest absolute Gasteiger partial charge is 0.341 e. The summed E-state index contributed by atoms with van der Waals surface area (Å²) in [6, 6.07) is 5.25. The summed E-state index contributed by atoms with van der Waals surface area (Å²) in [5.41, 5.74) is 1.84. The second-order valence-electron chi connectivity index (χ2n) is 7.59. The first-order valence-corrected chi connectivity index (χ1v) is 11.2. The summed E-state index contributed by atoms with van der Waals surface area (Å²) in [6.45, 7) is 1.98. The summed E-state index contributed by atoms with van der Waals surface area (Å²) in [7, 11) is 0. The molecule has 2 aliphatic heterocycles. The number of aromatic nitrogens is 1. The number of rotatable bonds is 5. The van der Waals surface area contributed by atoms with E-state index in [1.54, 1.807) is 16.3 Å². The zero-order chi connectivity index (χ0) is 20.8. The van der Waals surface area contributed by atoms with Gasteiger partial charge in [0.05, 0.1) is 30.5 Å². The summed E-state index contributed by atoms with van der Waals surface area (Å²) in [5, 5.41) is 9.90. The molecule has 1 saturated carbocycles. The van der Waals surface area contributed by atoms with Crippen molar-refractivity contribution in [3.05, 3.63) is 44.7 Å². The Balaban J connectivity index is 1.53. The third-order valence-electron chi connectivity index (χ3n) is 5.44. The summed E-state index contributed by atoms with van der Waals surface area (Å²) < 4.78 is 18.6. The zero-order valence-corrected chi connectivity index (χ0v) is 17.6. The van der Waals surface area contributed by atoms with Crippen LogP contribution in [0.2, 0.25) is 5.02 Å². The van der Waals surface area contributed by atoms with E-state index in [0.29, 0.717) is 43.0 Å². The molecule has 0 amide bonds. The van der Waals surface area contributed by atoms with Crippen LogP contribution in [0.5, 0.6) is 5.75 Å². The van der Waals surface area contributed by atoms with E-state index in [-0.39, 0.29) is 17.7 Å². The van der Waals surface area contributed by atoms with E-state index < -0.39 is 11.5 Å². The van der Waals surface area contributed by atoms with Gasteiger partial charge in [-0.05, 0) is 36.6 Å². The van der Waals surface area contributed by atoms with Crippen molar-refractivity contribution in [2.24, 2.45) is 0 Å².